The molecule has 0 unspecified atom stereocenters. The fourth-order valence-electron chi connectivity index (χ4n) is 4.13. The highest BCUT2D eigenvalue weighted by atomic mass is 16.5. The van der Waals surface area contributed by atoms with Gasteiger partial charge in [-0.3, -0.25) is 4.79 Å². The minimum absolute atomic E-state index is 0.120. The van der Waals surface area contributed by atoms with Crippen molar-refractivity contribution in [2.24, 2.45) is 7.05 Å². The third kappa shape index (κ3) is 3.13. The predicted molar refractivity (Wildman–Crippen MR) is 106 cm³/mol. The second-order valence-electron chi connectivity index (χ2n) is 7.35. The van der Waals surface area contributed by atoms with E-state index in [1.165, 1.54) is 24.8 Å². The fourth-order valence-corrected chi connectivity index (χ4v) is 4.13. The number of nitrogens with zero attached hydrogens (tertiary/aromatic N) is 3. The Labute approximate surface area is 158 Å². The maximum atomic E-state index is 13.0. The van der Waals surface area contributed by atoms with Crippen LogP contribution in [0.4, 0.5) is 0 Å². The number of aromatic amines is 1. The Bertz CT molecular complexity index is 1030. The van der Waals surface area contributed by atoms with Gasteiger partial charge in [0.05, 0.1) is 18.4 Å². The Balaban J connectivity index is 1.86. The first kappa shape index (κ1) is 17.8. The SMILES string of the molecule is CCc1ccc(-c2nc3c(c(C4CCCCC4)nn3C)c(=O)[nH]2)c(OC)c1. The number of rotatable bonds is 4. The van der Waals surface area contributed by atoms with E-state index >= 15 is 0 Å². The molecule has 1 aliphatic carbocycles. The molecule has 1 fully saturated rings. The van der Waals surface area contributed by atoms with E-state index in [1.54, 1.807) is 11.8 Å². The van der Waals surface area contributed by atoms with Gasteiger partial charge in [0.1, 0.15) is 17.0 Å². The standard InChI is InChI=1S/C21H26N4O2/c1-4-13-10-11-15(16(12-13)27-3)19-22-20-17(21(26)23-19)18(24-25(20)2)14-8-6-5-7-9-14/h10-12,14H,4-9H2,1-3H3,(H,22,23,26). The highest BCUT2D eigenvalue weighted by Gasteiger charge is 2.25. The minimum atomic E-state index is -0.120. The molecule has 142 valence electrons. The van der Waals surface area contributed by atoms with E-state index in [4.69, 9.17) is 9.72 Å². The van der Waals surface area contributed by atoms with Gasteiger partial charge in [0.25, 0.3) is 5.56 Å². The number of benzene rings is 1. The predicted octanol–water partition coefficient (Wildman–Crippen LogP) is 3.94. The number of hydrogen-bond donors (Lipinski definition) is 1. The molecule has 2 aromatic heterocycles. The number of aryl methyl sites for hydroxylation is 2. The van der Waals surface area contributed by atoms with Gasteiger partial charge >= 0.3 is 0 Å². The average Bonchev–Trinajstić information content (AvgIpc) is 3.05. The van der Waals surface area contributed by atoms with Crippen LogP contribution in [0.2, 0.25) is 0 Å². The van der Waals surface area contributed by atoms with E-state index in [-0.39, 0.29) is 5.56 Å². The summed E-state index contributed by atoms with van der Waals surface area (Å²) < 4.78 is 7.28. The third-order valence-corrected chi connectivity index (χ3v) is 5.64. The highest BCUT2D eigenvalue weighted by molar-refractivity contribution is 5.80. The Hall–Kier alpha value is -2.63. The Morgan fingerprint density at radius 2 is 2.04 bits per heavy atom. The van der Waals surface area contributed by atoms with Crippen LogP contribution in [0.1, 0.15) is 56.2 Å². The summed E-state index contributed by atoms with van der Waals surface area (Å²) >= 11 is 0. The second kappa shape index (κ2) is 7.18. The van der Waals surface area contributed by atoms with Crippen LogP contribution < -0.4 is 10.3 Å². The number of nitrogens with one attached hydrogen (secondary N) is 1. The average molecular weight is 366 g/mol. The highest BCUT2D eigenvalue weighted by Crippen LogP contribution is 2.35. The number of methoxy groups -OCH3 is 1. The van der Waals surface area contributed by atoms with Crippen LogP contribution in [0.5, 0.6) is 5.75 Å². The van der Waals surface area contributed by atoms with Crippen molar-refractivity contribution in [1.82, 2.24) is 19.7 Å². The third-order valence-electron chi connectivity index (χ3n) is 5.64. The first-order valence-electron chi connectivity index (χ1n) is 9.76. The normalized spacial score (nSPS) is 15.4. The number of fused-ring (bicyclic) bond motifs is 1. The Morgan fingerprint density at radius 3 is 2.74 bits per heavy atom. The van der Waals surface area contributed by atoms with Crippen LogP contribution in [0.25, 0.3) is 22.4 Å². The molecule has 0 bridgehead atoms. The van der Waals surface area contributed by atoms with Gasteiger partial charge in [-0.05, 0) is 37.0 Å². The lowest BCUT2D eigenvalue weighted by Crippen LogP contribution is -2.13. The van der Waals surface area contributed by atoms with Gasteiger partial charge in [-0.25, -0.2) is 9.67 Å². The lowest BCUT2D eigenvalue weighted by molar-refractivity contribution is 0.415. The van der Waals surface area contributed by atoms with Crippen LogP contribution >= 0.6 is 0 Å². The molecular weight excluding hydrogens is 340 g/mol. The van der Waals surface area contributed by atoms with Crippen LogP contribution in [0, 0.1) is 0 Å². The molecule has 6 heteroatoms. The van der Waals surface area contributed by atoms with Crippen molar-refractivity contribution in [3.8, 4) is 17.1 Å². The van der Waals surface area contributed by atoms with E-state index in [1.807, 2.05) is 25.2 Å². The zero-order valence-corrected chi connectivity index (χ0v) is 16.2. The summed E-state index contributed by atoms with van der Waals surface area (Å²) in [5, 5.41) is 5.32. The molecule has 27 heavy (non-hydrogen) atoms. The Morgan fingerprint density at radius 1 is 1.26 bits per heavy atom. The van der Waals surface area contributed by atoms with E-state index in [2.05, 4.69) is 17.0 Å². The molecule has 0 amide bonds. The molecule has 3 aromatic rings. The van der Waals surface area contributed by atoms with Crippen molar-refractivity contribution in [1.29, 1.82) is 0 Å². The molecule has 2 heterocycles. The molecular formula is C21H26N4O2. The molecule has 4 rings (SSSR count). The maximum absolute atomic E-state index is 13.0. The van der Waals surface area contributed by atoms with Gasteiger partial charge in [0.15, 0.2) is 5.65 Å². The quantitative estimate of drug-likeness (QED) is 0.759. The number of H-pyrrole nitrogens is 1. The molecule has 0 spiro atoms. The van der Waals surface area contributed by atoms with Crippen LogP contribution in [-0.4, -0.2) is 26.9 Å². The second-order valence-corrected chi connectivity index (χ2v) is 7.35. The minimum Gasteiger partial charge on any atom is -0.496 e. The van der Waals surface area contributed by atoms with Gasteiger partial charge in [-0.1, -0.05) is 32.3 Å². The molecule has 1 saturated carbocycles. The summed E-state index contributed by atoms with van der Waals surface area (Å²) in [5.74, 6) is 1.59. The summed E-state index contributed by atoms with van der Waals surface area (Å²) in [6, 6.07) is 6.00. The van der Waals surface area contributed by atoms with Crippen molar-refractivity contribution in [3.05, 3.63) is 39.8 Å². The van der Waals surface area contributed by atoms with Crippen molar-refractivity contribution < 1.29 is 4.74 Å². The smallest absolute Gasteiger partial charge is 0.262 e. The van der Waals surface area contributed by atoms with E-state index in [0.29, 0.717) is 28.5 Å². The monoisotopic (exact) mass is 366 g/mol. The molecule has 0 aliphatic heterocycles. The van der Waals surface area contributed by atoms with Gasteiger partial charge in [-0.2, -0.15) is 5.10 Å². The Kier molecular flexibility index (Phi) is 4.72. The fraction of sp³-hybridized carbons (Fsp3) is 0.476. The first-order chi connectivity index (χ1) is 13.1. The summed E-state index contributed by atoms with van der Waals surface area (Å²) in [4.78, 5) is 20.7. The van der Waals surface area contributed by atoms with Crippen molar-refractivity contribution in [2.75, 3.05) is 7.11 Å². The summed E-state index contributed by atoms with van der Waals surface area (Å²) in [5.41, 5.74) is 3.38. The summed E-state index contributed by atoms with van der Waals surface area (Å²) in [6.45, 7) is 2.10. The molecule has 0 atom stereocenters. The molecule has 1 aliphatic rings. The van der Waals surface area contributed by atoms with Crippen molar-refractivity contribution >= 4 is 11.0 Å². The van der Waals surface area contributed by atoms with Gasteiger partial charge in [-0.15, -0.1) is 0 Å². The molecule has 1 N–H and O–H groups in total. The van der Waals surface area contributed by atoms with Crippen LogP contribution in [0.3, 0.4) is 0 Å². The number of ether oxygens (including phenoxy) is 1. The zero-order chi connectivity index (χ0) is 19.0. The van der Waals surface area contributed by atoms with Crippen molar-refractivity contribution in [3.63, 3.8) is 0 Å². The summed E-state index contributed by atoms with van der Waals surface area (Å²) in [7, 11) is 3.50. The molecule has 0 saturated heterocycles. The van der Waals surface area contributed by atoms with Crippen LogP contribution in [-0.2, 0) is 13.5 Å². The molecule has 1 aromatic carbocycles. The van der Waals surface area contributed by atoms with Crippen molar-refractivity contribution in [2.45, 2.75) is 51.4 Å². The molecule has 0 radical (unpaired) electrons. The zero-order valence-electron chi connectivity index (χ0n) is 16.2. The molecule has 6 nitrogen and oxygen atoms in total. The van der Waals surface area contributed by atoms with Crippen LogP contribution in [0.15, 0.2) is 23.0 Å². The maximum Gasteiger partial charge on any atom is 0.262 e. The van der Waals surface area contributed by atoms with Gasteiger partial charge < -0.3 is 9.72 Å². The topological polar surface area (TPSA) is 72.8 Å². The largest absolute Gasteiger partial charge is 0.496 e. The van der Waals surface area contributed by atoms with E-state index < -0.39 is 0 Å². The van der Waals surface area contributed by atoms with E-state index in [9.17, 15) is 4.79 Å². The van der Waals surface area contributed by atoms with Gasteiger partial charge in [0, 0.05) is 13.0 Å². The lowest BCUT2D eigenvalue weighted by Gasteiger charge is -2.19. The number of aromatic nitrogens is 4. The van der Waals surface area contributed by atoms with E-state index in [0.717, 1.165) is 30.5 Å². The van der Waals surface area contributed by atoms with Gasteiger partial charge in [0.2, 0.25) is 0 Å². The lowest BCUT2D eigenvalue weighted by atomic mass is 9.86. The summed E-state index contributed by atoms with van der Waals surface area (Å²) in [6.07, 6.45) is 6.79. The number of hydrogen-bond acceptors (Lipinski definition) is 4. The first-order valence-corrected chi connectivity index (χ1v) is 9.76.